The van der Waals surface area contributed by atoms with Crippen LogP contribution in [0.2, 0.25) is 0 Å². The van der Waals surface area contributed by atoms with E-state index in [9.17, 15) is 17.6 Å². The fourth-order valence-electron chi connectivity index (χ4n) is 3.33. The van der Waals surface area contributed by atoms with E-state index in [1.807, 2.05) is 13.8 Å². The Balaban J connectivity index is 1.69. The number of carbonyl (C=O) groups is 1. The molecule has 1 amide bonds. The van der Waals surface area contributed by atoms with E-state index in [1.54, 1.807) is 29.2 Å². The predicted octanol–water partition coefficient (Wildman–Crippen LogP) is 2.53. The summed E-state index contributed by atoms with van der Waals surface area (Å²) in [5, 5.41) is 0. The van der Waals surface area contributed by atoms with Gasteiger partial charge < -0.3 is 9.64 Å². The van der Waals surface area contributed by atoms with Gasteiger partial charge in [-0.2, -0.15) is 4.31 Å². The van der Waals surface area contributed by atoms with Crippen molar-refractivity contribution >= 4 is 15.9 Å². The minimum atomic E-state index is -3.73. The van der Waals surface area contributed by atoms with Gasteiger partial charge in [-0.1, -0.05) is 12.1 Å². The third-order valence-corrected chi connectivity index (χ3v) is 7.18. The monoisotopic (exact) mass is 420 g/mol. The normalized spacial score (nSPS) is 15.4. The van der Waals surface area contributed by atoms with Crippen molar-refractivity contribution in [3.05, 3.63) is 58.9 Å². The van der Waals surface area contributed by atoms with Gasteiger partial charge in [-0.05, 0) is 54.8 Å². The van der Waals surface area contributed by atoms with Gasteiger partial charge in [0.15, 0.2) is 0 Å². The lowest BCUT2D eigenvalue weighted by Gasteiger charge is -2.34. The van der Waals surface area contributed by atoms with Crippen LogP contribution in [0.4, 0.5) is 4.39 Å². The van der Waals surface area contributed by atoms with Crippen molar-refractivity contribution in [1.29, 1.82) is 0 Å². The predicted molar refractivity (Wildman–Crippen MR) is 108 cm³/mol. The number of sulfonamides is 1. The zero-order valence-corrected chi connectivity index (χ0v) is 17.6. The molecule has 0 saturated carbocycles. The molecule has 1 fully saturated rings. The second kappa shape index (κ2) is 8.51. The summed E-state index contributed by atoms with van der Waals surface area (Å²) in [6.45, 7) is 4.82. The smallest absolute Gasteiger partial charge is 0.246 e. The SMILES string of the molecule is COc1cc(C)c(C)cc1S(=O)(=O)N1CCN(C(=O)Cc2ccc(F)cc2)CC1. The third-order valence-electron chi connectivity index (χ3n) is 5.26. The number of hydrogen-bond acceptors (Lipinski definition) is 4. The van der Waals surface area contributed by atoms with Crippen LogP contribution in [0.5, 0.6) is 5.75 Å². The molecular formula is C21H25FN2O4S. The number of methoxy groups -OCH3 is 1. The maximum atomic E-state index is 13.1. The molecule has 1 aliphatic heterocycles. The second-order valence-corrected chi connectivity index (χ2v) is 9.08. The van der Waals surface area contributed by atoms with Crippen molar-refractivity contribution in [3.8, 4) is 5.75 Å². The molecule has 0 atom stereocenters. The Kier molecular flexibility index (Phi) is 6.24. The summed E-state index contributed by atoms with van der Waals surface area (Å²) < 4.78 is 46.0. The van der Waals surface area contributed by atoms with E-state index >= 15 is 0 Å². The largest absolute Gasteiger partial charge is 0.495 e. The van der Waals surface area contributed by atoms with Gasteiger partial charge in [0.1, 0.15) is 16.5 Å². The lowest BCUT2D eigenvalue weighted by molar-refractivity contribution is -0.131. The number of aryl methyl sites for hydroxylation is 2. The molecule has 2 aromatic rings. The van der Waals surface area contributed by atoms with Crippen molar-refractivity contribution in [2.24, 2.45) is 0 Å². The van der Waals surface area contributed by atoms with Gasteiger partial charge in [0.05, 0.1) is 13.5 Å². The van der Waals surface area contributed by atoms with Crippen LogP contribution in [0.3, 0.4) is 0 Å². The van der Waals surface area contributed by atoms with E-state index < -0.39 is 10.0 Å². The van der Waals surface area contributed by atoms with Crippen LogP contribution in [-0.2, 0) is 21.2 Å². The first kappa shape index (κ1) is 21.3. The minimum absolute atomic E-state index is 0.0996. The van der Waals surface area contributed by atoms with Crippen molar-refractivity contribution in [2.45, 2.75) is 25.2 Å². The molecule has 2 aromatic carbocycles. The highest BCUT2D eigenvalue weighted by molar-refractivity contribution is 7.89. The first-order valence-corrected chi connectivity index (χ1v) is 10.8. The Morgan fingerprint density at radius 2 is 1.62 bits per heavy atom. The van der Waals surface area contributed by atoms with Crippen LogP contribution in [0.25, 0.3) is 0 Å². The van der Waals surface area contributed by atoms with Gasteiger partial charge >= 0.3 is 0 Å². The molecule has 6 nitrogen and oxygen atoms in total. The average Bonchev–Trinajstić information content (AvgIpc) is 2.71. The number of benzene rings is 2. The van der Waals surface area contributed by atoms with Crippen molar-refractivity contribution in [1.82, 2.24) is 9.21 Å². The van der Waals surface area contributed by atoms with Crippen LogP contribution in [0, 0.1) is 19.7 Å². The molecule has 156 valence electrons. The van der Waals surface area contributed by atoms with E-state index in [4.69, 9.17) is 4.74 Å². The summed E-state index contributed by atoms with van der Waals surface area (Å²) in [5.41, 5.74) is 2.56. The van der Waals surface area contributed by atoms with Crippen LogP contribution in [0.15, 0.2) is 41.3 Å². The summed E-state index contributed by atoms with van der Waals surface area (Å²) in [6.07, 6.45) is 0.165. The van der Waals surface area contributed by atoms with Gasteiger partial charge in [0, 0.05) is 26.2 Å². The Bertz CT molecular complexity index is 998. The second-order valence-electron chi connectivity index (χ2n) is 7.18. The van der Waals surface area contributed by atoms with E-state index in [0.717, 1.165) is 16.7 Å². The molecule has 0 N–H and O–H groups in total. The molecule has 1 aliphatic rings. The van der Waals surface area contributed by atoms with Gasteiger partial charge in [-0.25, -0.2) is 12.8 Å². The van der Waals surface area contributed by atoms with Crippen molar-refractivity contribution in [2.75, 3.05) is 33.3 Å². The number of piperazine rings is 1. The molecule has 0 bridgehead atoms. The number of rotatable bonds is 5. The Labute approximate surface area is 170 Å². The highest BCUT2D eigenvalue weighted by Crippen LogP contribution is 2.30. The van der Waals surface area contributed by atoms with Crippen LogP contribution >= 0.6 is 0 Å². The molecule has 0 spiro atoms. The Hall–Kier alpha value is -2.45. The molecule has 0 aromatic heterocycles. The maximum absolute atomic E-state index is 13.1. The Morgan fingerprint density at radius 3 is 2.21 bits per heavy atom. The number of ether oxygens (including phenoxy) is 1. The molecule has 1 saturated heterocycles. The number of carbonyl (C=O) groups excluding carboxylic acids is 1. The number of nitrogens with zero attached hydrogens (tertiary/aromatic N) is 2. The molecule has 3 rings (SSSR count). The molecule has 0 radical (unpaired) electrons. The molecule has 8 heteroatoms. The lowest BCUT2D eigenvalue weighted by atomic mass is 10.1. The summed E-state index contributed by atoms with van der Waals surface area (Å²) in [7, 11) is -2.27. The van der Waals surface area contributed by atoms with E-state index in [2.05, 4.69) is 0 Å². The van der Waals surface area contributed by atoms with Crippen LogP contribution in [0.1, 0.15) is 16.7 Å². The zero-order valence-electron chi connectivity index (χ0n) is 16.8. The van der Waals surface area contributed by atoms with Gasteiger partial charge in [0.2, 0.25) is 15.9 Å². The topological polar surface area (TPSA) is 66.9 Å². The zero-order chi connectivity index (χ0) is 21.2. The summed E-state index contributed by atoms with van der Waals surface area (Å²) in [4.78, 5) is 14.3. The molecule has 0 unspecified atom stereocenters. The van der Waals surface area contributed by atoms with E-state index in [1.165, 1.54) is 23.5 Å². The van der Waals surface area contributed by atoms with Gasteiger partial charge in [0.25, 0.3) is 0 Å². The fourth-order valence-corrected chi connectivity index (χ4v) is 4.97. The number of halogens is 1. The minimum Gasteiger partial charge on any atom is -0.495 e. The lowest BCUT2D eigenvalue weighted by Crippen LogP contribution is -2.50. The van der Waals surface area contributed by atoms with Crippen molar-refractivity contribution in [3.63, 3.8) is 0 Å². The quantitative estimate of drug-likeness (QED) is 0.746. The first-order valence-electron chi connectivity index (χ1n) is 9.40. The molecule has 29 heavy (non-hydrogen) atoms. The third kappa shape index (κ3) is 4.59. The van der Waals surface area contributed by atoms with Gasteiger partial charge in [-0.15, -0.1) is 0 Å². The maximum Gasteiger partial charge on any atom is 0.246 e. The number of hydrogen-bond donors (Lipinski definition) is 0. The molecular weight excluding hydrogens is 395 g/mol. The van der Waals surface area contributed by atoms with E-state index in [0.29, 0.717) is 18.8 Å². The van der Waals surface area contributed by atoms with E-state index in [-0.39, 0.29) is 36.1 Å². The average molecular weight is 421 g/mol. The summed E-state index contributed by atoms with van der Waals surface area (Å²) >= 11 is 0. The highest BCUT2D eigenvalue weighted by atomic mass is 32.2. The summed E-state index contributed by atoms with van der Waals surface area (Å²) in [5.74, 6) is -0.123. The highest BCUT2D eigenvalue weighted by Gasteiger charge is 2.32. The standard InChI is InChI=1S/C21H25FN2O4S/c1-15-12-19(28-3)20(13-16(15)2)29(26,27)24-10-8-23(9-11-24)21(25)14-17-4-6-18(22)7-5-17/h4-7,12-13H,8-11,14H2,1-3H3. The molecule has 0 aliphatic carbocycles. The van der Waals surface area contributed by atoms with Gasteiger partial charge in [-0.3, -0.25) is 4.79 Å². The van der Waals surface area contributed by atoms with Crippen molar-refractivity contribution < 1.29 is 22.3 Å². The van der Waals surface area contributed by atoms with Crippen LogP contribution < -0.4 is 4.74 Å². The Morgan fingerprint density at radius 1 is 1.03 bits per heavy atom. The molecule has 1 heterocycles. The summed E-state index contributed by atoms with van der Waals surface area (Å²) in [6, 6.07) is 9.17. The number of amides is 1. The first-order chi connectivity index (χ1) is 13.7. The van der Waals surface area contributed by atoms with Crippen LogP contribution in [-0.4, -0.2) is 56.8 Å². The fraction of sp³-hybridized carbons (Fsp3) is 0.381.